The zero-order valence-corrected chi connectivity index (χ0v) is 18.8. The highest BCUT2D eigenvalue weighted by atomic mass is 35.5. The van der Waals surface area contributed by atoms with E-state index in [0.29, 0.717) is 27.4 Å². The van der Waals surface area contributed by atoms with Crippen LogP contribution >= 0.6 is 46.6 Å². The van der Waals surface area contributed by atoms with Gasteiger partial charge in [0.2, 0.25) is 0 Å². The molecule has 0 bridgehead atoms. The number of halogens is 3. The maximum absolute atomic E-state index is 6.33. The molecule has 0 aliphatic heterocycles. The SMILES string of the molecule is Clc1ccc(CSc2nnc(CNc3ccccc3Cl)n2-c2ccccc2)c(Cl)c1. The predicted octanol–water partition coefficient (Wildman–Crippen LogP) is 7.13. The van der Waals surface area contributed by atoms with Gasteiger partial charge in [-0.25, -0.2) is 0 Å². The third-order valence-corrected chi connectivity index (χ3v) is 6.29. The summed E-state index contributed by atoms with van der Waals surface area (Å²) in [6, 6.07) is 23.2. The van der Waals surface area contributed by atoms with Crippen LogP contribution in [0.25, 0.3) is 5.69 Å². The van der Waals surface area contributed by atoms with Crippen LogP contribution in [0.15, 0.2) is 78.0 Å². The minimum atomic E-state index is 0.480. The normalized spacial score (nSPS) is 10.9. The third kappa shape index (κ3) is 4.93. The summed E-state index contributed by atoms with van der Waals surface area (Å²) in [5.74, 6) is 1.43. The smallest absolute Gasteiger partial charge is 0.196 e. The minimum Gasteiger partial charge on any atom is -0.377 e. The van der Waals surface area contributed by atoms with Gasteiger partial charge in [0.05, 0.1) is 17.3 Å². The Kier molecular flexibility index (Phi) is 6.85. The van der Waals surface area contributed by atoms with E-state index < -0.39 is 0 Å². The number of nitrogens with one attached hydrogen (secondary N) is 1. The highest BCUT2D eigenvalue weighted by Gasteiger charge is 2.15. The van der Waals surface area contributed by atoms with Gasteiger partial charge in [-0.3, -0.25) is 4.57 Å². The van der Waals surface area contributed by atoms with Crippen LogP contribution in [-0.2, 0) is 12.3 Å². The summed E-state index contributed by atoms with van der Waals surface area (Å²) in [5, 5.41) is 14.9. The average Bonchev–Trinajstić information content (AvgIpc) is 3.16. The first-order valence-electron chi connectivity index (χ1n) is 9.16. The molecule has 4 nitrogen and oxygen atoms in total. The lowest BCUT2D eigenvalue weighted by atomic mass is 10.2. The van der Waals surface area contributed by atoms with E-state index >= 15 is 0 Å². The molecule has 0 spiro atoms. The molecule has 0 saturated carbocycles. The van der Waals surface area contributed by atoms with Crippen molar-refractivity contribution < 1.29 is 0 Å². The maximum atomic E-state index is 6.33. The number of benzene rings is 3. The molecule has 0 fully saturated rings. The van der Waals surface area contributed by atoms with Crippen molar-refractivity contribution in [2.75, 3.05) is 5.32 Å². The Morgan fingerprint density at radius 1 is 0.833 bits per heavy atom. The Hall–Kier alpha value is -2.18. The van der Waals surface area contributed by atoms with Gasteiger partial charge in [0, 0.05) is 21.5 Å². The number of rotatable bonds is 7. The molecule has 0 amide bonds. The van der Waals surface area contributed by atoms with Crippen molar-refractivity contribution in [1.82, 2.24) is 14.8 Å². The van der Waals surface area contributed by atoms with Crippen LogP contribution in [0.2, 0.25) is 15.1 Å². The lowest BCUT2D eigenvalue weighted by Gasteiger charge is -2.12. The third-order valence-electron chi connectivity index (χ3n) is 4.40. The standard InChI is InChI=1S/C22H17Cl3N4S/c23-16-11-10-15(19(25)12-16)14-30-22-28-27-21(29(22)17-6-2-1-3-7-17)13-26-20-9-5-4-8-18(20)24/h1-12,26H,13-14H2. The van der Waals surface area contributed by atoms with Crippen molar-refractivity contribution in [1.29, 1.82) is 0 Å². The minimum absolute atomic E-state index is 0.480. The van der Waals surface area contributed by atoms with Crippen LogP contribution in [0.1, 0.15) is 11.4 Å². The molecule has 0 aliphatic rings. The second-order valence-electron chi connectivity index (χ2n) is 6.43. The van der Waals surface area contributed by atoms with E-state index in [1.165, 1.54) is 0 Å². The number of aromatic nitrogens is 3. The van der Waals surface area contributed by atoms with Crippen molar-refractivity contribution in [3.63, 3.8) is 0 Å². The molecule has 8 heteroatoms. The number of para-hydroxylation sites is 2. The summed E-state index contributed by atoms with van der Waals surface area (Å²) in [4.78, 5) is 0. The van der Waals surface area contributed by atoms with Crippen LogP contribution in [0.5, 0.6) is 0 Å². The molecule has 0 saturated heterocycles. The molecule has 1 N–H and O–H groups in total. The van der Waals surface area contributed by atoms with E-state index in [1.54, 1.807) is 17.8 Å². The van der Waals surface area contributed by atoms with Crippen LogP contribution in [0, 0.1) is 0 Å². The van der Waals surface area contributed by atoms with Gasteiger partial charge in [-0.1, -0.05) is 83.0 Å². The molecule has 4 rings (SSSR count). The average molecular weight is 476 g/mol. The molecule has 152 valence electrons. The van der Waals surface area contributed by atoms with E-state index in [4.69, 9.17) is 34.8 Å². The Morgan fingerprint density at radius 2 is 1.60 bits per heavy atom. The molecule has 0 atom stereocenters. The number of anilines is 1. The number of hydrogen-bond acceptors (Lipinski definition) is 4. The monoisotopic (exact) mass is 474 g/mol. The van der Waals surface area contributed by atoms with Crippen molar-refractivity contribution in [2.24, 2.45) is 0 Å². The van der Waals surface area contributed by atoms with Gasteiger partial charge in [-0.2, -0.15) is 0 Å². The quantitative estimate of drug-likeness (QED) is 0.289. The van der Waals surface area contributed by atoms with E-state index in [1.807, 2.05) is 71.3 Å². The summed E-state index contributed by atoms with van der Waals surface area (Å²) in [5.41, 5.74) is 2.83. The summed E-state index contributed by atoms with van der Waals surface area (Å²) in [6.45, 7) is 0.480. The van der Waals surface area contributed by atoms with Gasteiger partial charge >= 0.3 is 0 Å². The zero-order chi connectivity index (χ0) is 20.9. The largest absolute Gasteiger partial charge is 0.377 e. The van der Waals surface area contributed by atoms with Gasteiger partial charge in [0.15, 0.2) is 11.0 Å². The van der Waals surface area contributed by atoms with E-state index in [9.17, 15) is 0 Å². The molecule has 30 heavy (non-hydrogen) atoms. The molecule has 1 aromatic heterocycles. The Morgan fingerprint density at radius 3 is 2.37 bits per heavy atom. The molecular formula is C22H17Cl3N4S. The highest BCUT2D eigenvalue weighted by Crippen LogP contribution is 2.30. The van der Waals surface area contributed by atoms with Gasteiger partial charge in [0.1, 0.15) is 0 Å². The van der Waals surface area contributed by atoms with E-state index in [2.05, 4.69) is 15.5 Å². The second kappa shape index (κ2) is 9.75. The van der Waals surface area contributed by atoms with E-state index in [0.717, 1.165) is 27.9 Å². The van der Waals surface area contributed by atoms with Crippen molar-refractivity contribution in [3.8, 4) is 5.69 Å². The van der Waals surface area contributed by atoms with Gasteiger partial charge in [0.25, 0.3) is 0 Å². The first-order valence-corrected chi connectivity index (χ1v) is 11.3. The fourth-order valence-corrected chi connectivity index (χ4v) is 4.64. The molecular weight excluding hydrogens is 459 g/mol. The summed E-state index contributed by atoms with van der Waals surface area (Å²) < 4.78 is 2.04. The first kappa shape index (κ1) is 21.1. The summed E-state index contributed by atoms with van der Waals surface area (Å²) in [7, 11) is 0. The second-order valence-corrected chi connectivity index (χ2v) is 8.62. The van der Waals surface area contributed by atoms with Crippen molar-refractivity contribution in [2.45, 2.75) is 17.5 Å². The Bertz CT molecular complexity index is 1150. The van der Waals surface area contributed by atoms with E-state index in [-0.39, 0.29) is 0 Å². The molecule has 0 aliphatic carbocycles. The predicted molar refractivity (Wildman–Crippen MR) is 126 cm³/mol. The topological polar surface area (TPSA) is 42.7 Å². The lowest BCUT2D eigenvalue weighted by molar-refractivity contribution is 0.841. The molecule has 0 radical (unpaired) electrons. The fraction of sp³-hybridized carbons (Fsp3) is 0.0909. The number of hydrogen-bond donors (Lipinski definition) is 1. The summed E-state index contributed by atoms with van der Waals surface area (Å²) >= 11 is 20.2. The number of nitrogens with zero attached hydrogens (tertiary/aromatic N) is 3. The lowest BCUT2D eigenvalue weighted by Crippen LogP contribution is -2.08. The highest BCUT2D eigenvalue weighted by molar-refractivity contribution is 7.98. The summed E-state index contributed by atoms with van der Waals surface area (Å²) in [6.07, 6.45) is 0. The molecule has 1 heterocycles. The van der Waals surface area contributed by atoms with Crippen molar-refractivity contribution in [3.05, 3.63) is 99.3 Å². The van der Waals surface area contributed by atoms with Gasteiger partial charge < -0.3 is 5.32 Å². The fourth-order valence-electron chi connectivity index (χ4n) is 2.90. The maximum Gasteiger partial charge on any atom is 0.196 e. The zero-order valence-electron chi connectivity index (χ0n) is 15.7. The van der Waals surface area contributed by atoms with Gasteiger partial charge in [-0.05, 0) is 42.0 Å². The molecule has 0 unspecified atom stereocenters. The molecule has 4 aromatic rings. The van der Waals surface area contributed by atoms with Crippen LogP contribution < -0.4 is 5.32 Å². The van der Waals surface area contributed by atoms with Crippen LogP contribution in [0.4, 0.5) is 5.69 Å². The van der Waals surface area contributed by atoms with Gasteiger partial charge in [-0.15, -0.1) is 10.2 Å². The Labute approximate surface area is 194 Å². The van der Waals surface area contributed by atoms with Crippen LogP contribution in [0.3, 0.4) is 0 Å². The Balaban J connectivity index is 1.60. The van der Waals surface area contributed by atoms with Crippen molar-refractivity contribution >= 4 is 52.3 Å². The van der Waals surface area contributed by atoms with Crippen LogP contribution in [-0.4, -0.2) is 14.8 Å². The molecule has 3 aromatic carbocycles. The number of thioether (sulfide) groups is 1. The first-order chi connectivity index (χ1) is 14.6.